The number of aromatic nitrogens is 2. The first-order valence-corrected chi connectivity index (χ1v) is 9.29. The van der Waals surface area contributed by atoms with Crippen LogP contribution in [0.2, 0.25) is 0 Å². The number of ether oxygens (including phenoxy) is 1. The number of benzene rings is 2. The molecule has 1 heterocycles. The molecule has 3 aromatic rings. The Morgan fingerprint density at radius 3 is 2.25 bits per heavy atom. The summed E-state index contributed by atoms with van der Waals surface area (Å²) in [6.45, 7) is 6.69. The standard InChI is InChI=1S/C22H24N4O2/c1-4-26(19-8-6-5-7-9-19)22-23-14-17(15-24-22)21(27)25-18-10-12-20(13-11-18)28-16(2)3/h5-16H,4H2,1-3H3,(H,25,27). The Kier molecular flexibility index (Phi) is 6.22. The van der Waals surface area contributed by atoms with Gasteiger partial charge in [-0.15, -0.1) is 0 Å². The molecule has 3 rings (SSSR count). The molecule has 0 saturated carbocycles. The van der Waals surface area contributed by atoms with Gasteiger partial charge in [0.1, 0.15) is 5.75 Å². The van der Waals surface area contributed by atoms with Crippen LogP contribution in [0.3, 0.4) is 0 Å². The summed E-state index contributed by atoms with van der Waals surface area (Å²) in [7, 11) is 0. The molecule has 0 unspecified atom stereocenters. The third kappa shape index (κ3) is 4.85. The predicted octanol–water partition coefficient (Wildman–Crippen LogP) is 4.67. The molecule has 0 aliphatic rings. The fourth-order valence-corrected chi connectivity index (χ4v) is 2.72. The van der Waals surface area contributed by atoms with E-state index in [1.165, 1.54) is 0 Å². The highest BCUT2D eigenvalue weighted by Crippen LogP contribution is 2.21. The van der Waals surface area contributed by atoms with Gasteiger partial charge in [-0.25, -0.2) is 9.97 Å². The lowest BCUT2D eigenvalue weighted by atomic mass is 10.2. The van der Waals surface area contributed by atoms with Crippen LogP contribution in [0.25, 0.3) is 0 Å². The van der Waals surface area contributed by atoms with Crippen molar-refractivity contribution in [1.82, 2.24) is 9.97 Å². The van der Waals surface area contributed by atoms with Crippen molar-refractivity contribution < 1.29 is 9.53 Å². The van der Waals surface area contributed by atoms with Crippen LogP contribution in [0.5, 0.6) is 5.75 Å². The first-order valence-electron chi connectivity index (χ1n) is 9.29. The summed E-state index contributed by atoms with van der Waals surface area (Å²) >= 11 is 0. The molecule has 0 aliphatic carbocycles. The van der Waals surface area contributed by atoms with Crippen molar-refractivity contribution in [2.24, 2.45) is 0 Å². The number of amides is 1. The lowest BCUT2D eigenvalue weighted by Gasteiger charge is -2.20. The topological polar surface area (TPSA) is 67.4 Å². The second-order valence-corrected chi connectivity index (χ2v) is 6.50. The maximum atomic E-state index is 12.5. The number of nitrogens with one attached hydrogen (secondary N) is 1. The predicted molar refractivity (Wildman–Crippen MR) is 111 cm³/mol. The summed E-state index contributed by atoms with van der Waals surface area (Å²) in [5.74, 6) is 1.06. The van der Waals surface area contributed by atoms with Crippen LogP contribution in [0.1, 0.15) is 31.1 Å². The molecule has 0 bridgehead atoms. The van der Waals surface area contributed by atoms with Crippen molar-refractivity contribution >= 4 is 23.2 Å². The van der Waals surface area contributed by atoms with Crippen molar-refractivity contribution in [3.63, 3.8) is 0 Å². The largest absolute Gasteiger partial charge is 0.491 e. The smallest absolute Gasteiger partial charge is 0.258 e. The average Bonchev–Trinajstić information content (AvgIpc) is 2.71. The van der Waals surface area contributed by atoms with E-state index in [4.69, 9.17) is 4.74 Å². The zero-order valence-electron chi connectivity index (χ0n) is 16.3. The molecule has 1 N–H and O–H groups in total. The van der Waals surface area contributed by atoms with Crippen molar-refractivity contribution in [1.29, 1.82) is 0 Å². The summed E-state index contributed by atoms with van der Waals surface area (Å²) in [6, 6.07) is 17.2. The van der Waals surface area contributed by atoms with E-state index in [-0.39, 0.29) is 12.0 Å². The van der Waals surface area contributed by atoms with E-state index in [2.05, 4.69) is 15.3 Å². The second kappa shape index (κ2) is 8.99. The van der Waals surface area contributed by atoms with Gasteiger partial charge in [0.2, 0.25) is 5.95 Å². The Balaban J connectivity index is 1.68. The molecule has 6 nitrogen and oxygen atoms in total. The Bertz CT molecular complexity index is 894. The lowest BCUT2D eigenvalue weighted by Crippen LogP contribution is -2.20. The second-order valence-electron chi connectivity index (χ2n) is 6.50. The van der Waals surface area contributed by atoms with Crippen molar-refractivity contribution in [2.75, 3.05) is 16.8 Å². The minimum absolute atomic E-state index is 0.106. The zero-order chi connectivity index (χ0) is 19.9. The van der Waals surface area contributed by atoms with Crippen molar-refractivity contribution in [3.05, 3.63) is 72.6 Å². The summed E-state index contributed by atoms with van der Waals surface area (Å²) in [5.41, 5.74) is 2.09. The molecule has 6 heteroatoms. The maximum absolute atomic E-state index is 12.5. The SMILES string of the molecule is CCN(c1ccccc1)c1ncc(C(=O)Nc2ccc(OC(C)C)cc2)cn1. The van der Waals surface area contributed by atoms with E-state index in [9.17, 15) is 4.79 Å². The molecule has 0 fully saturated rings. The van der Waals surface area contributed by atoms with E-state index in [1.54, 1.807) is 24.5 Å². The van der Waals surface area contributed by atoms with Gasteiger partial charge in [0, 0.05) is 30.3 Å². The highest BCUT2D eigenvalue weighted by atomic mass is 16.5. The summed E-state index contributed by atoms with van der Waals surface area (Å²) in [6.07, 6.45) is 3.19. The van der Waals surface area contributed by atoms with Gasteiger partial charge < -0.3 is 15.0 Å². The van der Waals surface area contributed by atoms with Gasteiger partial charge in [0.15, 0.2) is 0 Å². The normalized spacial score (nSPS) is 10.6. The quantitative estimate of drug-likeness (QED) is 0.649. The molecule has 28 heavy (non-hydrogen) atoms. The molecule has 0 spiro atoms. The van der Waals surface area contributed by atoms with Crippen LogP contribution in [0.15, 0.2) is 67.0 Å². The number of hydrogen-bond acceptors (Lipinski definition) is 5. The number of anilines is 3. The van der Waals surface area contributed by atoms with Crippen LogP contribution in [0.4, 0.5) is 17.3 Å². The first-order chi connectivity index (χ1) is 13.6. The summed E-state index contributed by atoms with van der Waals surface area (Å²) < 4.78 is 5.60. The number of carbonyl (C=O) groups excluding carboxylic acids is 1. The van der Waals surface area contributed by atoms with E-state index < -0.39 is 0 Å². The summed E-state index contributed by atoms with van der Waals surface area (Å²) in [5, 5.41) is 2.85. The lowest BCUT2D eigenvalue weighted by molar-refractivity contribution is 0.102. The minimum Gasteiger partial charge on any atom is -0.491 e. The monoisotopic (exact) mass is 376 g/mol. The molecule has 144 valence electrons. The first kappa shape index (κ1) is 19.4. The molecule has 2 aromatic carbocycles. The van der Waals surface area contributed by atoms with Gasteiger partial charge in [0.05, 0.1) is 11.7 Å². The molecular formula is C22H24N4O2. The summed E-state index contributed by atoms with van der Waals surface area (Å²) in [4.78, 5) is 23.2. The van der Waals surface area contributed by atoms with Crippen LogP contribution < -0.4 is 15.0 Å². The van der Waals surface area contributed by atoms with Crippen LogP contribution >= 0.6 is 0 Å². The molecule has 0 atom stereocenters. The van der Waals surface area contributed by atoms with Crippen molar-refractivity contribution in [2.45, 2.75) is 26.9 Å². The number of para-hydroxylation sites is 1. The van der Waals surface area contributed by atoms with E-state index >= 15 is 0 Å². The Labute approximate surface area is 165 Å². The fourth-order valence-electron chi connectivity index (χ4n) is 2.72. The molecule has 1 aromatic heterocycles. The maximum Gasteiger partial charge on any atom is 0.258 e. The fraction of sp³-hybridized carbons (Fsp3) is 0.227. The van der Waals surface area contributed by atoms with Crippen molar-refractivity contribution in [3.8, 4) is 5.75 Å². The van der Waals surface area contributed by atoms with E-state index in [1.807, 2.05) is 68.1 Å². The van der Waals surface area contributed by atoms with Gasteiger partial charge in [-0.05, 0) is 57.2 Å². The van der Waals surface area contributed by atoms with Crippen LogP contribution in [-0.2, 0) is 0 Å². The van der Waals surface area contributed by atoms with Gasteiger partial charge >= 0.3 is 0 Å². The van der Waals surface area contributed by atoms with E-state index in [0.29, 0.717) is 17.2 Å². The van der Waals surface area contributed by atoms with Gasteiger partial charge in [0.25, 0.3) is 5.91 Å². The van der Waals surface area contributed by atoms with E-state index in [0.717, 1.165) is 18.0 Å². The minimum atomic E-state index is -0.258. The third-order valence-electron chi connectivity index (χ3n) is 4.01. The van der Waals surface area contributed by atoms with Crippen LogP contribution in [0, 0.1) is 0 Å². The number of carbonyl (C=O) groups is 1. The van der Waals surface area contributed by atoms with Crippen LogP contribution in [-0.4, -0.2) is 28.5 Å². The Morgan fingerprint density at radius 2 is 1.68 bits per heavy atom. The number of nitrogens with zero attached hydrogens (tertiary/aromatic N) is 3. The van der Waals surface area contributed by atoms with Gasteiger partial charge in [-0.2, -0.15) is 0 Å². The number of hydrogen-bond donors (Lipinski definition) is 1. The third-order valence-corrected chi connectivity index (χ3v) is 4.01. The molecular weight excluding hydrogens is 352 g/mol. The number of rotatable bonds is 7. The molecule has 0 saturated heterocycles. The highest BCUT2D eigenvalue weighted by Gasteiger charge is 2.12. The Morgan fingerprint density at radius 1 is 1.04 bits per heavy atom. The van der Waals surface area contributed by atoms with Gasteiger partial charge in [-0.1, -0.05) is 18.2 Å². The molecule has 0 radical (unpaired) electrons. The molecule has 0 aliphatic heterocycles. The van der Waals surface area contributed by atoms with Gasteiger partial charge in [-0.3, -0.25) is 4.79 Å². The average molecular weight is 376 g/mol. The zero-order valence-corrected chi connectivity index (χ0v) is 16.3. The molecule has 1 amide bonds. The highest BCUT2D eigenvalue weighted by molar-refractivity contribution is 6.03. The Hall–Kier alpha value is -3.41.